The van der Waals surface area contributed by atoms with E-state index in [1.807, 2.05) is 13.8 Å². The number of Topliss-reactive ketones (excluding diaryl/α,β-unsaturated/α-hetero) is 1. The van der Waals surface area contributed by atoms with Gasteiger partial charge >= 0.3 is 0 Å². The molecule has 0 heterocycles. The summed E-state index contributed by atoms with van der Waals surface area (Å²) in [6, 6.07) is 0. The van der Waals surface area contributed by atoms with Crippen LogP contribution in [0, 0.1) is 5.41 Å². The van der Waals surface area contributed by atoms with Crippen LogP contribution in [0.5, 0.6) is 0 Å². The topological polar surface area (TPSA) is 37.3 Å². The van der Waals surface area contributed by atoms with Gasteiger partial charge in [-0.2, -0.15) is 0 Å². The van der Waals surface area contributed by atoms with Crippen molar-refractivity contribution in [2.24, 2.45) is 5.41 Å². The predicted octanol–water partition coefficient (Wildman–Crippen LogP) is 1.52. The molecule has 2 nitrogen and oxygen atoms in total. The normalized spacial score (nSPS) is 39.2. The highest BCUT2D eigenvalue weighted by Gasteiger charge is 2.40. The summed E-state index contributed by atoms with van der Waals surface area (Å²) < 4.78 is 0. The highest BCUT2D eigenvalue weighted by Crippen LogP contribution is 2.35. The fourth-order valence-corrected chi connectivity index (χ4v) is 1.68. The number of aliphatic hydroxyl groups excluding tert-OH is 1. The number of aliphatic hydroxyl groups is 1. The summed E-state index contributed by atoms with van der Waals surface area (Å²) in [5.41, 5.74) is -0.446. The quantitative estimate of drug-likeness (QED) is 0.625. The lowest BCUT2D eigenvalue weighted by atomic mass is 9.71. The lowest BCUT2D eigenvalue weighted by Crippen LogP contribution is -2.42. The van der Waals surface area contributed by atoms with Crippen LogP contribution >= 0.6 is 0 Å². The standard InChI is InChI=1S/C9H16O2/c1-3-9(2)7(10)5-4-6-8(9)11/h7,10H,3-6H2,1-2H3/t7-,9?/m0/s1. The fourth-order valence-electron chi connectivity index (χ4n) is 1.68. The molecular formula is C9H16O2. The van der Waals surface area contributed by atoms with Gasteiger partial charge < -0.3 is 5.11 Å². The average Bonchev–Trinajstić information content (AvgIpc) is 2.00. The van der Waals surface area contributed by atoms with E-state index >= 15 is 0 Å². The molecule has 1 aliphatic carbocycles. The van der Waals surface area contributed by atoms with E-state index in [9.17, 15) is 9.90 Å². The molecule has 0 amide bonds. The Hall–Kier alpha value is -0.370. The van der Waals surface area contributed by atoms with Gasteiger partial charge in [-0.25, -0.2) is 0 Å². The maximum Gasteiger partial charge on any atom is 0.141 e. The van der Waals surface area contributed by atoms with E-state index < -0.39 is 11.5 Å². The Kier molecular flexibility index (Phi) is 2.33. The van der Waals surface area contributed by atoms with Gasteiger partial charge in [-0.15, -0.1) is 0 Å². The Morgan fingerprint density at radius 2 is 2.36 bits per heavy atom. The maximum atomic E-state index is 11.4. The lowest BCUT2D eigenvalue weighted by Gasteiger charge is -2.35. The van der Waals surface area contributed by atoms with E-state index in [1.54, 1.807) is 0 Å². The summed E-state index contributed by atoms with van der Waals surface area (Å²) in [5.74, 6) is 0.235. The van der Waals surface area contributed by atoms with Gasteiger partial charge in [0.1, 0.15) is 5.78 Å². The third kappa shape index (κ3) is 1.32. The van der Waals surface area contributed by atoms with Crippen molar-refractivity contribution >= 4 is 5.78 Å². The summed E-state index contributed by atoms with van der Waals surface area (Å²) >= 11 is 0. The minimum atomic E-state index is -0.446. The summed E-state index contributed by atoms with van der Waals surface area (Å²) in [4.78, 5) is 11.4. The zero-order chi connectivity index (χ0) is 8.48. The van der Waals surface area contributed by atoms with Crippen LogP contribution in [0.3, 0.4) is 0 Å². The molecule has 0 bridgehead atoms. The summed E-state index contributed by atoms with van der Waals surface area (Å²) in [5, 5.41) is 9.58. The van der Waals surface area contributed by atoms with Gasteiger partial charge in [-0.05, 0) is 19.3 Å². The fraction of sp³-hybridized carbons (Fsp3) is 0.889. The molecule has 0 radical (unpaired) electrons. The Balaban J connectivity index is 2.77. The molecule has 1 aliphatic rings. The molecule has 0 saturated heterocycles. The van der Waals surface area contributed by atoms with Crippen molar-refractivity contribution < 1.29 is 9.90 Å². The van der Waals surface area contributed by atoms with E-state index in [0.717, 1.165) is 19.3 Å². The van der Waals surface area contributed by atoms with Crippen molar-refractivity contribution in [2.75, 3.05) is 0 Å². The second kappa shape index (κ2) is 2.94. The summed E-state index contributed by atoms with van der Waals surface area (Å²) in [7, 11) is 0. The second-order valence-electron chi connectivity index (χ2n) is 3.60. The highest BCUT2D eigenvalue weighted by atomic mass is 16.3. The number of rotatable bonds is 1. The van der Waals surface area contributed by atoms with E-state index in [2.05, 4.69) is 0 Å². The number of hydrogen-bond acceptors (Lipinski definition) is 2. The molecule has 1 saturated carbocycles. The van der Waals surface area contributed by atoms with Crippen molar-refractivity contribution in [3.63, 3.8) is 0 Å². The van der Waals surface area contributed by atoms with Gasteiger partial charge in [0.2, 0.25) is 0 Å². The molecule has 2 heteroatoms. The first kappa shape index (κ1) is 8.72. The van der Waals surface area contributed by atoms with Gasteiger partial charge in [0.25, 0.3) is 0 Å². The van der Waals surface area contributed by atoms with Gasteiger partial charge in [-0.1, -0.05) is 13.8 Å². The third-order valence-corrected chi connectivity index (χ3v) is 2.99. The SMILES string of the molecule is CCC1(C)C(=O)CCC[C@@H]1O. The first-order valence-electron chi connectivity index (χ1n) is 4.32. The first-order chi connectivity index (χ1) is 5.11. The smallest absolute Gasteiger partial charge is 0.141 e. The molecule has 1 N–H and O–H groups in total. The predicted molar refractivity (Wildman–Crippen MR) is 43.3 cm³/mol. The maximum absolute atomic E-state index is 11.4. The van der Waals surface area contributed by atoms with Crippen LogP contribution in [0.1, 0.15) is 39.5 Å². The molecule has 0 aliphatic heterocycles. The molecule has 0 aromatic carbocycles. The van der Waals surface area contributed by atoms with Crippen LogP contribution in [0.2, 0.25) is 0 Å². The van der Waals surface area contributed by atoms with Crippen molar-refractivity contribution in [1.29, 1.82) is 0 Å². The van der Waals surface area contributed by atoms with Crippen LogP contribution < -0.4 is 0 Å². The van der Waals surface area contributed by atoms with E-state index in [4.69, 9.17) is 0 Å². The molecule has 11 heavy (non-hydrogen) atoms. The average molecular weight is 156 g/mol. The monoisotopic (exact) mass is 156 g/mol. The molecule has 0 aromatic rings. The first-order valence-corrected chi connectivity index (χ1v) is 4.32. The minimum absolute atomic E-state index is 0.235. The molecule has 0 aromatic heterocycles. The van der Waals surface area contributed by atoms with Gasteiger partial charge in [-0.3, -0.25) is 4.79 Å². The molecule has 1 fully saturated rings. The van der Waals surface area contributed by atoms with Crippen molar-refractivity contribution in [2.45, 2.75) is 45.6 Å². The van der Waals surface area contributed by atoms with Crippen LogP contribution in [0.4, 0.5) is 0 Å². The molecule has 2 atom stereocenters. The molecular weight excluding hydrogens is 140 g/mol. The number of ketones is 1. The zero-order valence-electron chi connectivity index (χ0n) is 7.26. The Morgan fingerprint density at radius 1 is 1.73 bits per heavy atom. The number of hydrogen-bond donors (Lipinski definition) is 1. The summed E-state index contributed by atoms with van der Waals surface area (Å²) in [6.07, 6.45) is 2.65. The largest absolute Gasteiger partial charge is 0.392 e. The van der Waals surface area contributed by atoms with Crippen LogP contribution in [-0.2, 0) is 4.79 Å². The molecule has 0 spiro atoms. The lowest BCUT2D eigenvalue weighted by molar-refractivity contribution is -0.138. The highest BCUT2D eigenvalue weighted by molar-refractivity contribution is 5.85. The third-order valence-electron chi connectivity index (χ3n) is 2.99. The minimum Gasteiger partial charge on any atom is -0.392 e. The van der Waals surface area contributed by atoms with Crippen molar-refractivity contribution in [1.82, 2.24) is 0 Å². The Morgan fingerprint density at radius 3 is 2.73 bits per heavy atom. The van der Waals surface area contributed by atoms with Gasteiger partial charge in [0, 0.05) is 6.42 Å². The van der Waals surface area contributed by atoms with Gasteiger partial charge in [0.05, 0.1) is 11.5 Å². The Labute approximate surface area is 67.6 Å². The molecule has 1 unspecified atom stereocenters. The molecule has 1 rings (SSSR count). The van der Waals surface area contributed by atoms with E-state index in [0.29, 0.717) is 6.42 Å². The molecule has 64 valence electrons. The van der Waals surface area contributed by atoms with Gasteiger partial charge in [0.15, 0.2) is 0 Å². The Bertz CT molecular complexity index is 165. The van der Waals surface area contributed by atoms with Crippen LogP contribution in [0.15, 0.2) is 0 Å². The summed E-state index contributed by atoms with van der Waals surface area (Å²) in [6.45, 7) is 3.84. The van der Waals surface area contributed by atoms with Crippen LogP contribution in [0.25, 0.3) is 0 Å². The van der Waals surface area contributed by atoms with Crippen molar-refractivity contribution in [3.05, 3.63) is 0 Å². The number of carbonyl (C=O) groups excluding carboxylic acids is 1. The number of carbonyl (C=O) groups is 1. The zero-order valence-corrected chi connectivity index (χ0v) is 7.26. The van der Waals surface area contributed by atoms with Crippen LogP contribution in [-0.4, -0.2) is 17.0 Å². The second-order valence-corrected chi connectivity index (χ2v) is 3.60. The van der Waals surface area contributed by atoms with Crippen molar-refractivity contribution in [3.8, 4) is 0 Å². The van der Waals surface area contributed by atoms with E-state index in [-0.39, 0.29) is 5.78 Å². The van der Waals surface area contributed by atoms with E-state index in [1.165, 1.54) is 0 Å².